The van der Waals surface area contributed by atoms with Crippen molar-refractivity contribution in [1.82, 2.24) is 9.42 Å². The highest BCUT2D eigenvalue weighted by molar-refractivity contribution is 7.89. The number of benzene rings is 1. The van der Waals surface area contributed by atoms with Gasteiger partial charge in [0.25, 0.3) is 10.0 Å². The Morgan fingerprint density at radius 2 is 1.94 bits per heavy atom. The lowest BCUT2D eigenvalue weighted by molar-refractivity contribution is 0.127. The Labute approximate surface area is 108 Å². The van der Waals surface area contributed by atoms with Gasteiger partial charge in [-0.25, -0.2) is 13.4 Å². The second-order valence-corrected chi connectivity index (χ2v) is 5.96. The molecular formula is C11H19N3O3S. The lowest BCUT2D eigenvalue weighted by Crippen LogP contribution is -2.42. The molecule has 18 heavy (non-hydrogen) atoms. The summed E-state index contributed by atoms with van der Waals surface area (Å²) < 4.78 is 26.0. The van der Waals surface area contributed by atoms with Crippen LogP contribution in [0.2, 0.25) is 0 Å². The van der Waals surface area contributed by atoms with Crippen molar-refractivity contribution in [2.75, 3.05) is 26.4 Å². The van der Waals surface area contributed by atoms with Crippen molar-refractivity contribution in [3.63, 3.8) is 0 Å². The van der Waals surface area contributed by atoms with E-state index in [2.05, 4.69) is 0 Å². The summed E-state index contributed by atoms with van der Waals surface area (Å²) in [5.41, 5.74) is 5.57. The van der Waals surface area contributed by atoms with E-state index < -0.39 is 10.0 Å². The first kappa shape index (κ1) is 14.7. The molecule has 1 aromatic carbocycles. The maximum atomic E-state index is 12.4. The number of sulfonamides is 1. The molecule has 0 saturated heterocycles. The van der Waals surface area contributed by atoms with Gasteiger partial charge in [0.1, 0.15) is 5.75 Å². The molecule has 0 amide bonds. The zero-order valence-corrected chi connectivity index (χ0v) is 11.6. The molecule has 0 saturated carbocycles. The molecule has 0 aliphatic rings. The molecule has 3 N–H and O–H groups in total. The van der Waals surface area contributed by atoms with Gasteiger partial charge in [0, 0.05) is 20.6 Å². The molecule has 0 aliphatic heterocycles. The van der Waals surface area contributed by atoms with Gasteiger partial charge in [-0.2, -0.15) is 0 Å². The minimum Gasteiger partial charge on any atom is -0.506 e. The van der Waals surface area contributed by atoms with E-state index in [4.69, 9.17) is 5.73 Å². The predicted molar refractivity (Wildman–Crippen MR) is 70.4 cm³/mol. The van der Waals surface area contributed by atoms with Crippen LogP contribution in [0.25, 0.3) is 0 Å². The van der Waals surface area contributed by atoms with Crippen LogP contribution >= 0.6 is 0 Å². The molecule has 0 fully saturated rings. The lowest BCUT2D eigenvalue weighted by atomic mass is 10.3. The molecule has 102 valence electrons. The van der Waals surface area contributed by atoms with E-state index in [0.717, 1.165) is 0 Å². The molecule has 0 bridgehead atoms. The molecule has 6 nitrogen and oxygen atoms in total. The Balaban J connectivity index is 3.22. The Bertz CT molecular complexity index is 514. The highest BCUT2D eigenvalue weighted by atomic mass is 32.2. The maximum absolute atomic E-state index is 12.4. The van der Waals surface area contributed by atoms with E-state index in [1.807, 2.05) is 6.92 Å². The van der Waals surface area contributed by atoms with Crippen LogP contribution in [0.4, 0.5) is 5.69 Å². The second-order valence-electron chi connectivity index (χ2n) is 4.12. The number of phenols is 1. The zero-order chi connectivity index (χ0) is 13.9. The smallest absolute Gasteiger partial charge is 0.256 e. The van der Waals surface area contributed by atoms with Crippen molar-refractivity contribution in [3.8, 4) is 5.75 Å². The van der Waals surface area contributed by atoms with Gasteiger partial charge in [-0.15, -0.1) is 4.41 Å². The average molecular weight is 273 g/mol. The first-order chi connectivity index (χ1) is 8.30. The molecule has 0 spiro atoms. The van der Waals surface area contributed by atoms with Gasteiger partial charge in [-0.1, -0.05) is 6.92 Å². The Morgan fingerprint density at radius 3 is 2.39 bits per heavy atom. The molecule has 0 aromatic heterocycles. The van der Waals surface area contributed by atoms with Gasteiger partial charge in [-0.3, -0.25) is 0 Å². The number of aromatic hydroxyl groups is 1. The van der Waals surface area contributed by atoms with Crippen molar-refractivity contribution in [2.45, 2.75) is 18.2 Å². The van der Waals surface area contributed by atoms with E-state index in [-0.39, 0.29) is 16.3 Å². The third kappa shape index (κ3) is 2.92. The molecular weight excluding hydrogens is 254 g/mol. The Morgan fingerprint density at radius 1 is 1.33 bits per heavy atom. The second kappa shape index (κ2) is 5.55. The molecule has 0 atom stereocenters. The number of nitrogens with two attached hydrogens (primary N) is 1. The summed E-state index contributed by atoms with van der Waals surface area (Å²) in [7, 11) is -0.306. The minimum atomic E-state index is -3.63. The Kier molecular flexibility index (Phi) is 4.55. The minimum absolute atomic E-state index is 0.0475. The van der Waals surface area contributed by atoms with Crippen LogP contribution in [0, 0.1) is 0 Å². The van der Waals surface area contributed by atoms with E-state index in [0.29, 0.717) is 13.0 Å². The maximum Gasteiger partial charge on any atom is 0.256 e. The third-order valence-electron chi connectivity index (χ3n) is 2.44. The van der Waals surface area contributed by atoms with Crippen LogP contribution in [-0.4, -0.2) is 43.6 Å². The molecule has 0 heterocycles. The number of phenolic OH excluding ortho intramolecular Hbond substituents is 1. The fraction of sp³-hybridized carbons (Fsp3) is 0.455. The largest absolute Gasteiger partial charge is 0.506 e. The number of anilines is 1. The van der Waals surface area contributed by atoms with E-state index >= 15 is 0 Å². The summed E-state index contributed by atoms with van der Waals surface area (Å²) in [6.45, 7) is 2.29. The molecule has 7 heteroatoms. The third-order valence-corrected chi connectivity index (χ3v) is 4.35. The number of nitrogens with zero attached hydrogens (tertiary/aromatic N) is 2. The Hall–Kier alpha value is -1.31. The standard InChI is InChI=1S/C11H19N3O3S/c1-4-7-14(13(2)3)18(16,17)9-5-6-11(15)10(12)8-9/h5-6,8,15H,4,7,12H2,1-3H3. The van der Waals surface area contributed by atoms with Gasteiger partial charge >= 0.3 is 0 Å². The van der Waals surface area contributed by atoms with Crippen LogP contribution in [0.5, 0.6) is 5.75 Å². The van der Waals surface area contributed by atoms with Gasteiger partial charge < -0.3 is 10.8 Å². The van der Waals surface area contributed by atoms with Gasteiger partial charge in [0.2, 0.25) is 0 Å². The average Bonchev–Trinajstić information content (AvgIpc) is 2.28. The van der Waals surface area contributed by atoms with Gasteiger partial charge in [0.05, 0.1) is 10.6 Å². The highest BCUT2D eigenvalue weighted by Crippen LogP contribution is 2.25. The van der Waals surface area contributed by atoms with Crippen molar-refractivity contribution >= 4 is 15.7 Å². The van der Waals surface area contributed by atoms with Crippen LogP contribution in [0.15, 0.2) is 23.1 Å². The summed E-state index contributed by atoms with van der Waals surface area (Å²) in [5, 5.41) is 10.8. The number of hydrogen-bond acceptors (Lipinski definition) is 5. The van der Waals surface area contributed by atoms with Crippen molar-refractivity contribution in [1.29, 1.82) is 0 Å². The van der Waals surface area contributed by atoms with Crippen molar-refractivity contribution in [3.05, 3.63) is 18.2 Å². The summed E-state index contributed by atoms with van der Waals surface area (Å²) in [4.78, 5) is 0.0694. The quantitative estimate of drug-likeness (QED) is 0.472. The van der Waals surface area contributed by atoms with E-state index in [1.165, 1.54) is 27.6 Å². The number of rotatable bonds is 5. The van der Waals surface area contributed by atoms with E-state index in [9.17, 15) is 13.5 Å². The van der Waals surface area contributed by atoms with Crippen molar-refractivity contribution in [2.24, 2.45) is 0 Å². The number of nitrogen functional groups attached to an aromatic ring is 1. The molecule has 0 unspecified atom stereocenters. The number of hydrazine groups is 1. The molecule has 1 aromatic rings. The summed E-state index contributed by atoms with van der Waals surface area (Å²) in [6.07, 6.45) is 0.699. The summed E-state index contributed by atoms with van der Waals surface area (Å²) in [5.74, 6) is -0.124. The topological polar surface area (TPSA) is 86.9 Å². The molecule has 0 aliphatic carbocycles. The van der Waals surface area contributed by atoms with Crippen LogP contribution in [0.1, 0.15) is 13.3 Å². The van der Waals surface area contributed by atoms with E-state index in [1.54, 1.807) is 14.1 Å². The van der Waals surface area contributed by atoms with Crippen LogP contribution < -0.4 is 5.73 Å². The summed E-state index contributed by atoms with van der Waals surface area (Å²) in [6, 6.07) is 3.88. The lowest BCUT2D eigenvalue weighted by Gasteiger charge is -2.27. The van der Waals surface area contributed by atoms with Gasteiger partial charge in [0.15, 0.2) is 0 Å². The normalized spacial score (nSPS) is 12.3. The van der Waals surface area contributed by atoms with Crippen LogP contribution in [0.3, 0.4) is 0 Å². The first-order valence-corrected chi connectivity index (χ1v) is 7.03. The fourth-order valence-electron chi connectivity index (χ4n) is 1.54. The zero-order valence-electron chi connectivity index (χ0n) is 10.8. The number of hydrogen-bond donors (Lipinski definition) is 2. The van der Waals surface area contributed by atoms with Crippen LogP contribution in [-0.2, 0) is 10.0 Å². The SMILES string of the molecule is CCCN(N(C)C)S(=O)(=O)c1ccc(O)c(N)c1. The summed E-state index contributed by atoms with van der Waals surface area (Å²) >= 11 is 0. The first-order valence-electron chi connectivity index (χ1n) is 5.59. The fourth-order valence-corrected chi connectivity index (χ4v) is 3.15. The molecule has 0 radical (unpaired) electrons. The van der Waals surface area contributed by atoms with Gasteiger partial charge in [-0.05, 0) is 24.6 Å². The monoisotopic (exact) mass is 273 g/mol. The highest BCUT2D eigenvalue weighted by Gasteiger charge is 2.26. The predicted octanol–water partition coefficient (Wildman–Crippen LogP) is 0.852. The molecule has 1 rings (SSSR count). The van der Waals surface area contributed by atoms with Crippen molar-refractivity contribution < 1.29 is 13.5 Å².